The lowest BCUT2D eigenvalue weighted by atomic mass is 10.3. The summed E-state index contributed by atoms with van der Waals surface area (Å²) in [6, 6.07) is 5.13. The van der Waals surface area contributed by atoms with Gasteiger partial charge in [-0.3, -0.25) is 0 Å². The minimum absolute atomic E-state index is 0.0354. The van der Waals surface area contributed by atoms with Gasteiger partial charge in [0.15, 0.2) is 11.5 Å². The van der Waals surface area contributed by atoms with Gasteiger partial charge in [-0.15, -0.1) is 0 Å². The van der Waals surface area contributed by atoms with Crippen molar-refractivity contribution in [1.29, 1.82) is 0 Å². The molecule has 0 aliphatic heterocycles. The first-order valence-electron chi connectivity index (χ1n) is 5.43. The number of benzene rings is 1. The zero-order valence-corrected chi connectivity index (χ0v) is 10.0. The van der Waals surface area contributed by atoms with Crippen LogP contribution in [0.15, 0.2) is 18.2 Å². The van der Waals surface area contributed by atoms with E-state index in [2.05, 4.69) is 0 Å². The highest BCUT2D eigenvalue weighted by atomic mass is 16.5. The van der Waals surface area contributed by atoms with Crippen molar-refractivity contribution in [3.8, 4) is 17.2 Å². The summed E-state index contributed by atoms with van der Waals surface area (Å²) in [4.78, 5) is 0. The Morgan fingerprint density at radius 2 is 2.00 bits per heavy atom. The van der Waals surface area contributed by atoms with Gasteiger partial charge in [0.25, 0.3) is 0 Å². The molecule has 2 N–H and O–H groups in total. The standard InChI is InChI=1S/C12H18O5/c1-3-16-11-5-4-10(6-12(11)15-2)17-8-9(14)7-13/h4-6,9,13-14H,3,7-8H2,1-2H3. The Morgan fingerprint density at radius 3 is 2.59 bits per heavy atom. The van der Waals surface area contributed by atoms with E-state index in [0.717, 1.165) is 0 Å². The van der Waals surface area contributed by atoms with Crippen LogP contribution in [0.4, 0.5) is 0 Å². The van der Waals surface area contributed by atoms with Gasteiger partial charge in [-0.25, -0.2) is 0 Å². The van der Waals surface area contributed by atoms with Crippen molar-refractivity contribution in [2.24, 2.45) is 0 Å². The van der Waals surface area contributed by atoms with E-state index in [-0.39, 0.29) is 13.2 Å². The molecule has 0 aromatic heterocycles. The molecule has 5 nitrogen and oxygen atoms in total. The van der Waals surface area contributed by atoms with Gasteiger partial charge in [0.05, 0.1) is 20.3 Å². The smallest absolute Gasteiger partial charge is 0.164 e. The zero-order chi connectivity index (χ0) is 12.7. The zero-order valence-electron chi connectivity index (χ0n) is 10.0. The van der Waals surface area contributed by atoms with Crippen molar-refractivity contribution >= 4 is 0 Å². The Hall–Kier alpha value is -1.46. The van der Waals surface area contributed by atoms with Crippen molar-refractivity contribution in [2.75, 3.05) is 26.9 Å². The molecular formula is C12H18O5. The van der Waals surface area contributed by atoms with Gasteiger partial charge >= 0.3 is 0 Å². The number of methoxy groups -OCH3 is 1. The van der Waals surface area contributed by atoms with Crippen molar-refractivity contribution in [2.45, 2.75) is 13.0 Å². The quantitative estimate of drug-likeness (QED) is 0.741. The lowest BCUT2D eigenvalue weighted by Crippen LogP contribution is -2.21. The molecule has 1 aromatic rings. The molecule has 0 saturated heterocycles. The van der Waals surface area contributed by atoms with E-state index in [9.17, 15) is 0 Å². The first kappa shape index (κ1) is 13.6. The maximum Gasteiger partial charge on any atom is 0.164 e. The minimum atomic E-state index is -0.882. The fourth-order valence-corrected chi connectivity index (χ4v) is 1.26. The van der Waals surface area contributed by atoms with Crippen LogP contribution in [-0.2, 0) is 0 Å². The maximum atomic E-state index is 9.15. The number of rotatable bonds is 7. The summed E-state index contributed by atoms with van der Waals surface area (Å²) in [5, 5.41) is 17.8. The summed E-state index contributed by atoms with van der Waals surface area (Å²) < 4.78 is 15.8. The van der Waals surface area contributed by atoms with Crippen LogP contribution in [0.5, 0.6) is 17.2 Å². The topological polar surface area (TPSA) is 68.2 Å². The summed E-state index contributed by atoms with van der Waals surface area (Å²) in [7, 11) is 1.55. The molecule has 0 saturated carbocycles. The van der Waals surface area contributed by atoms with Gasteiger partial charge in [-0.05, 0) is 19.1 Å². The van der Waals surface area contributed by atoms with Crippen LogP contribution in [0.3, 0.4) is 0 Å². The lowest BCUT2D eigenvalue weighted by Gasteiger charge is -2.13. The van der Waals surface area contributed by atoms with Crippen LogP contribution in [0, 0.1) is 0 Å². The molecule has 96 valence electrons. The summed E-state index contributed by atoms with van der Waals surface area (Å²) >= 11 is 0. The monoisotopic (exact) mass is 242 g/mol. The van der Waals surface area contributed by atoms with Crippen LogP contribution in [-0.4, -0.2) is 43.2 Å². The van der Waals surface area contributed by atoms with E-state index < -0.39 is 6.10 Å². The summed E-state index contributed by atoms with van der Waals surface area (Å²) in [5.41, 5.74) is 0. The van der Waals surface area contributed by atoms with Gasteiger partial charge in [-0.2, -0.15) is 0 Å². The van der Waals surface area contributed by atoms with Crippen molar-refractivity contribution < 1.29 is 24.4 Å². The molecule has 1 atom stereocenters. The second kappa shape index (κ2) is 6.98. The highest BCUT2D eigenvalue weighted by molar-refractivity contribution is 5.45. The molecule has 0 aliphatic carbocycles. The summed E-state index contributed by atoms with van der Waals surface area (Å²) in [6.07, 6.45) is -0.882. The number of ether oxygens (including phenoxy) is 3. The van der Waals surface area contributed by atoms with Gasteiger partial charge in [0.1, 0.15) is 18.5 Å². The molecule has 1 rings (SSSR count). The Labute approximate surface area is 101 Å². The molecule has 0 radical (unpaired) electrons. The molecule has 1 unspecified atom stereocenters. The van der Waals surface area contributed by atoms with E-state index in [4.69, 9.17) is 24.4 Å². The van der Waals surface area contributed by atoms with Gasteiger partial charge < -0.3 is 24.4 Å². The molecule has 0 bridgehead atoms. The maximum absolute atomic E-state index is 9.15. The van der Waals surface area contributed by atoms with E-state index >= 15 is 0 Å². The van der Waals surface area contributed by atoms with Crippen LogP contribution < -0.4 is 14.2 Å². The first-order chi connectivity index (χ1) is 8.21. The Balaban J connectivity index is 2.68. The highest BCUT2D eigenvalue weighted by Crippen LogP contribution is 2.31. The fourth-order valence-electron chi connectivity index (χ4n) is 1.26. The molecule has 1 aromatic carbocycles. The second-order valence-electron chi connectivity index (χ2n) is 3.39. The second-order valence-corrected chi connectivity index (χ2v) is 3.39. The van der Waals surface area contributed by atoms with E-state index in [1.165, 1.54) is 0 Å². The van der Waals surface area contributed by atoms with Gasteiger partial charge in [0.2, 0.25) is 0 Å². The average Bonchev–Trinajstić information content (AvgIpc) is 2.37. The van der Waals surface area contributed by atoms with E-state index in [0.29, 0.717) is 23.9 Å². The van der Waals surface area contributed by atoms with Crippen LogP contribution in [0.2, 0.25) is 0 Å². The number of hydrogen-bond donors (Lipinski definition) is 2. The SMILES string of the molecule is CCOc1ccc(OCC(O)CO)cc1OC. The average molecular weight is 242 g/mol. The summed E-state index contributed by atoms with van der Waals surface area (Å²) in [5.74, 6) is 1.77. The molecule has 5 heteroatoms. The predicted molar refractivity (Wildman–Crippen MR) is 62.8 cm³/mol. The van der Waals surface area contributed by atoms with Crippen molar-refractivity contribution in [3.63, 3.8) is 0 Å². The molecule has 0 aliphatic rings. The van der Waals surface area contributed by atoms with Crippen LogP contribution >= 0.6 is 0 Å². The predicted octanol–water partition coefficient (Wildman–Crippen LogP) is 0.826. The van der Waals surface area contributed by atoms with E-state index in [1.807, 2.05) is 6.92 Å². The Kier molecular flexibility index (Phi) is 5.59. The van der Waals surface area contributed by atoms with Crippen LogP contribution in [0.25, 0.3) is 0 Å². The molecule has 0 amide bonds. The highest BCUT2D eigenvalue weighted by Gasteiger charge is 2.07. The first-order valence-corrected chi connectivity index (χ1v) is 5.43. The number of aliphatic hydroxyl groups excluding tert-OH is 2. The normalized spacial score (nSPS) is 12.0. The third-order valence-corrected chi connectivity index (χ3v) is 2.09. The lowest BCUT2D eigenvalue weighted by molar-refractivity contribution is 0.0535. The third kappa shape index (κ3) is 4.13. The fraction of sp³-hybridized carbons (Fsp3) is 0.500. The van der Waals surface area contributed by atoms with Crippen LogP contribution in [0.1, 0.15) is 6.92 Å². The molecular weight excluding hydrogens is 224 g/mol. The minimum Gasteiger partial charge on any atom is -0.493 e. The van der Waals surface area contributed by atoms with Crippen molar-refractivity contribution in [3.05, 3.63) is 18.2 Å². The molecule has 0 heterocycles. The molecule has 0 fully saturated rings. The largest absolute Gasteiger partial charge is 0.493 e. The van der Waals surface area contributed by atoms with E-state index in [1.54, 1.807) is 25.3 Å². The van der Waals surface area contributed by atoms with Crippen molar-refractivity contribution in [1.82, 2.24) is 0 Å². The Bertz CT molecular complexity index is 340. The third-order valence-electron chi connectivity index (χ3n) is 2.09. The number of hydrogen-bond acceptors (Lipinski definition) is 5. The Morgan fingerprint density at radius 1 is 1.24 bits per heavy atom. The van der Waals surface area contributed by atoms with Gasteiger partial charge in [0, 0.05) is 6.07 Å². The molecule has 0 spiro atoms. The number of aliphatic hydroxyl groups is 2. The van der Waals surface area contributed by atoms with Gasteiger partial charge in [-0.1, -0.05) is 0 Å². The summed E-state index contributed by atoms with van der Waals surface area (Å²) in [6.45, 7) is 2.16. The molecule has 17 heavy (non-hydrogen) atoms.